The zero-order valence-electron chi connectivity index (χ0n) is 17.2. The predicted molar refractivity (Wildman–Crippen MR) is 117 cm³/mol. The van der Waals surface area contributed by atoms with E-state index >= 15 is 0 Å². The third kappa shape index (κ3) is 4.49. The lowest BCUT2D eigenvalue weighted by molar-refractivity contribution is 0.122. The molecule has 1 aromatic carbocycles. The molecule has 0 spiro atoms. The summed E-state index contributed by atoms with van der Waals surface area (Å²) in [7, 11) is 2.16. The number of ether oxygens (including phenoxy) is 1. The summed E-state index contributed by atoms with van der Waals surface area (Å²) < 4.78 is 5.43. The molecule has 0 unspecified atom stereocenters. The first kappa shape index (κ1) is 19.6. The van der Waals surface area contributed by atoms with Gasteiger partial charge in [-0.1, -0.05) is 0 Å². The molecule has 0 amide bonds. The molecule has 2 saturated heterocycles. The Hall–Kier alpha value is -2.71. The minimum atomic E-state index is 0.719. The molecule has 2 aliphatic rings. The second kappa shape index (κ2) is 8.75. The van der Waals surface area contributed by atoms with Crippen LogP contribution in [-0.2, 0) is 4.74 Å². The lowest BCUT2D eigenvalue weighted by Gasteiger charge is -2.35. The molecule has 8 heteroatoms. The van der Waals surface area contributed by atoms with Gasteiger partial charge in [-0.05, 0) is 31.7 Å². The molecular weight excluding hydrogens is 366 g/mol. The lowest BCUT2D eigenvalue weighted by atomic mass is 10.1. The van der Waals surface area contributed by atoms with Gasteiger partial charge in [0.15, 0.2) is 0 Å². The largest absolute Gasteiger partial charge is 0.378 e. The fourth-order valence-electron chi connectivity index (χ4n) is 3.85. The Morgan fingerprint density at radius 1 is 1.00 bits per heavy atom. The van der Waals surface area contributed by atoms with Crippen LogP contribution in [0.2, 0.25) is 0 Å². The molecule has 0 bridgehead atoms. The summed E-state index contributed by atoms with van der Waals surface area (Å²) in [6.07, 6.45) is 2.99. The van der Waals surface area contributed by atoms with Gasteiger partial charge in [0, 0.05) is 62.8 Å². The Morgan fingerprint density at radius 3 is 2.48 bits per heavy atom. The van der Waals surface area contributed by atoms with E-state index in [0.717, 1.165) is 75.4 Å². The summed E-state index contributed by atoms with van der Waals surface area (Å²) >= 11 is 0. The van der Waals surface area contributed by atoms with E-state index in [0.29, 0.717) is 0 Å². The summed E-state index contributed by atoms with van der Waals surface area (Å²) in [5, 5.41) is 11.3. The summed E-state index contributed by atoms with van der Waals surface area (Å²) in [6.45, 7) is 9.36. The maximum absolute atomic E-state index is 7.85. The number of anilines is 4. The molecule has 154 valence electrons. The van der Waals surface area contributed by atoms with Crippen molar-refractivity contribution in [3.05, 3.63) is 35.7 Å². The third-order valence-corrected chi connectivity index (χ3v) is 5.62. The van der Waals surface area contributed by atoms with E-state index in [-0.39, 0.29) is 0 Å². The number of benzene rings is 1. The Labute approximate surface area is 172 Å². The molecule has 0 aliphatic carbocycles. The molecule has 0 radical (unpaired) electrons. The Kier molecular flexibility index (Phi) is 5.92. The maximum Gasteiger partial charge on any atom is 0.135 e. The normalized spacial score (nSPS) is 18.0. The number of nitrogens with zero attached hydrogens (tertiary/aromatic N) is 5. The number of hydrogen-bond donors (Lipinski definition) is 2. The number of likely N-dealkylation sites (N-methyl/N-ethyl adjacent to an activating group) is 1. The first-order valence-electron chi connectivity index (χ1n) is 10.1. The summed E-state index contributed by atoms with van der Waals surface area (Å²) in [4.78, 5) is 15.8. The molecule has 2 aliphatic heterocycles. The molecule has 2 fully saturated rings. The fourth-order valence-corrected chi connectivity index (χ4v) is 3.85. The number of nitrogens with one attached hydrogen (secondary N) is 2. The molecule has 4 rings (SSSR count). The van der Waals surface area contributed by atoms with Gasteiger partial charge in [0.25, 0.3) is 0 Å². The van der Waals surface area contributed by atoms with Crippen LogP contribution in [0.1, 0.15) is 11.1 Å². The van der Waals surface area contributed by atoms with Crippen LogP contribution >= 0.6 is 0 Å². The van der Waals surface area contributed by atoms with E-state index in [4.69, 9.17) is 10.1 Å². The van der Waals surface area contributed by atoms with Crippen molar-refractivity contribution in [3.8, 4) is 0 Å². The van der Waals surface area contributed by atoms with Gasteiger partial charge in [-0.25, -0.2) is 9.97 Å². The highest BCUT2D eigenvalue weighted by molar-refractivity contribution is 5.89. The quantitative estimate of drug-likeness (QED) is 0.751. The van der Waals surface area contributed by atoms with Gasteiger partial charge in [-0.2, -0.15) is 0 Å². The monoisotopic (exact) mass is 395 g/mol. The van der Waals surface area contributed by atoms with Crippen molar-refractivity contribution in [2.45, 2.75) is 6.92 Å². The first-order valence-corrected chi connectivity index (χ1v) is 10.1. The average molecular weight is 396 g/mol. The molecule has 8 nitrogen and oxygen atoms in total. The van der Waals surface area contributed by atoms with Crippen molar-refractivity contribution in [2.24, 2.45) is 0 Å². The van der Waals surface area contributed by atoms with Gasteiger partial charge in [0.1, 0.15) is 18.0 Å². The highest BCUT2D eigenvalue weighted by Crippen LogP contribution is 2.30. The second-order valence-electron chi connectivity index (χ2n) is 7.65. The number of morpholine rings is 1. The van der Waals surface area contributed by atoms with Crippen LogP contribution in [0.4, 0.5) is 23.0 Å². The topological polar surface area (TPSA) is 80.6 Å². The van der Waals surface area contributed by atoms with Gasteiger partial charge >= 0.3 is 0 Å². The molecule has 3 heterocycles. The maximum atomic E-state index is 7.85. The number of piperazine rings is 1. The van der Waals surface area contributed by atoms with Gasteiger partial charge in [0.05, 0.1) is 18.9 Å². The van der Waals surface area contributed by atoms with Crippen molar-refractivity contribution in [1.82, 2.24) is 14.9 Å². The van der Waals surface area contributed by atoms with Crippen LogP contribution in [0.5, 0.6) is 0 Å². The van der Waals surface area contributed by atoms with Gasteiger partial charge in [-0.15, -0.1) is 0 Å². The standard InChI is InChI=1S/C21H29N7O/c1-16-11-17(14-22)18(12-19(16)27-5-3-26(2)4-6-27)25-20-13-21(24-15-23-20)28-7-9-29-10-8-28/h11-15,22H,3-10H2,1-2H3,(H,23,24,25). The minimum Gasteiger partial charge on any atom is -0.378 e. The summed E-state index contributed by atoms with van der Waals surface area (Å²) in [5.41, 5.74) is 4.15. The molecule has 2 N–H and O–H groups in total. The minimum absolute atomic E-state index is 0.719. The van der Waals surface area contributed by atoms with Gasteiger partial charge < -0.3 is 30.2 Å². The van der Waals surface area contributed by atoms with Crippen LogP contribution in [0, 0.1) is 12.3 Å². The summed E-state index contributed by atoms with van der Waals surface area (Å²) in [5.74, 6) is 1.63. The van der Waals surface area contributed by atoms with E-state index in [2.05, 4.69) is 56.1 Å². The van der Waals surface area contributed by atoms with E-state index in [1.165, 1.54) is 17.5 Å². The number of aryl methyl sites for hydroxylation is 1. The lowest BCUT2D eigenvalue weighted by Crippen LogP contribution is -2.44. The average Bonchev–Trinajstić information content (AvgIpc) is 2.76. The van der Waals surface area contributed by atoms with Crippen molar-refractivity contribution < 1.29 is 4.74 Å². The van der Waals surface area contributed by atoms with E-state index in [1.807, 2.05) is 6.07 Å². The Morgan fingerprint density at radius 2 is 1.76 bits per heavy atom. The molecule has 2 aromatic rings. The zero-order valence-corrected chi connectivity index (χ0v) is 17.2. The zero-order chi connectivity index (χ0) is 20.2. The van der Waals surface area contributed by atoms with Crippen LogP contribution < -0.4 is 15.1 Å². The molecule has 1 aromatic heterocycles. The Bertz CT molecular complexity index is 858. The van der Waals surface area contributed by atoms with E-state index in [9.17, 15) is 0 Å². The fraction of sp³-hybridized carbons (Fsp3) is 0.476. The second-order valence-corrected chi connectivity index (χ2v) is 7.65. The van der Waals surface area contributed by atoms with Crippen molar-refractivity contribution in [1.29, 1.82) is 5.41 Å². The van der Waals surface area contributed by atoms with Crippen molar-refractivity contribution >= 4 is 29.2 Å². The van der Waals surface area contributed by atoms with E-state index < -0.39 is 0 Å². The van der Waals surface area contributed by atoms with Crippen LogP contribution in [0.3, 0.4) is 0 Å². The molecule has 29 heavy (non-hydrogen) atoms. The smallest absolute Gasteiger partial charge is 0.135 e. The highest BCUT2D eigenvalue weighted by Gasteiger charge is 2.18. The SMILES string of the molecule is Cc1cc(C=N)c(Nc2cc(N3CCOCC3)ncn2)cc1N1CCN(C)CC1. The number of rotatable bonds is 5. The van der Waals surface area contributed by atoms with Crippen LogP contribution in [0.25, 0.3) is 0 Å². The summed E-state index contributed by atoms with van der Waals surface area (Å²) in [6, 6.07) is 6.19. The van der Waals surface area contributed by atoms with Gasteiger partial charge in [-0.3, -0.25) is 0 Å². The molecular formula is C21H29N7O. The van der Waals surface area contributed by atoms with Crippen molar-refractivity contribution in [3.63, 3.8) is 0 Å². The highest BCUT2D eigenvalue weighted by atomic mass is 16.5. The van der Waals surface area contributed by atoms with Crippen LogP contribution in [0.15, 0.2) is 24.5 Å². The van der Waals surface area contributed by atoms with Crippen molar-refractivity contribution in [2.75, 3.05) is 74.6 Å². The number of aromatic nitrogens is 2. The molecule has 0 saturated carbocycles. The third-order valence-electron chi connectivity index (χ3n) is 5.62. The van der Waals surface area contributed by atoms with Gasteiger partial charge in [0.2, 0.25) is 0 Å². The van der Waals surface area contributed by atoms with Crippen LogP contribution in [-0.4, -0.2) is 80.6 Å². The predicted octanol–water partition coefficient (Wildman–Crippen LogP) is 2.11. The number of hydrogen-bond acceptors (Lipinski definition) is 8. The Balaban J connectivity index is 1.59. The first-order chi connectivity index (χ1) is 14.1. The van der Waals surface area contributed by atoms with E-state index in [1.54, 1.807) is 6.33 Å². The molecule has 0 atom stereocenters.